The number of nitrogens with one attached hydrogen (secondary N) is 1. The first kappa shape index (κ1) is 9.21. The van der Waals surface area contributed by atoms with Gasteiger partial charge in [0.05, 0.1) is 0 Å². The van der Waals surface area contributed by atoms with Crippen LogP contribution in [0.1, 0.15) is 5.56 Å². The Morgan fingerprint density at radius 1 is 0.933 bits per heavy atom. The molecular formula is C13H10IN. The summed E-state index contributed by atoms with van der Waals surface area (Å²) in [6.07, 6.45) is 0. The summed E-state index contributed by atoms with van der Waals surface area (Å²) in [5.74, 6) is 0. The average molecular weight is 307 g/mol. The van der Waals surface area contributed by atoms with E-state index in [1.807, 2.05) is 0 Å². The van der Waals surface area contributed by atoms with E-state index in [1.165, 1.54) is 30.9 Å². The maximum absolute atomic E-state index is 3.43. The highest BCUT2D eigenvalue weighted by atomic mass is 127. The number of aromatic nitrogens is 1. The molecule has 0 spiro atoms. The number of fused-ring (bicyclic) bond motifs is 3. The van der Waals surface area contributed by atoms with E-state index in [2.05, 4.69) is 70.9 Å². The van der Waals surface area contributed by atoms with E-state index in [4.69, 9.17) is 0 Å². The topological polar surface area (TPSA) is 15.8 Å². The molecule has 15 heavy (non-hydrogen) atoms. The van der Waals surface area contributed by atoms with Crippen molar-refractivity contribution >= 4 is 44.4 Å². The first-order valence-electron chi connectivity index (χ1n) is 4.92. The zero-order chi connectivity index (χ0) is 10.4. The van der Waals surface area contributed by atoms with Gasteiger partial charge in [0.25, 0.3) is 0 Å². The van der Waals surface area contributed by atoms with E-state index in [0.717, 1.165) is 0 Å². The molecule has 1 nitrogen and oxygen atoms in total. The van der Waals surface area contributed by atoms with Gasteiger partial charge in [-0.1, -0.05) is 11.6 Å². The number of H-pyrrole nitrogens is 1. The maximum Gasteiger partial charge on any atom is 0.0465 e. The molecule has 74 valence electrons. The van der Waals surface area contributed by atoms with Crippen molar-refractivity contribution in [1.29, 1.82) is 0 Å². The lowest BCUT2D eigenvalue weighted by Gasteiger charge is -1.94. The molecule has 3 aromatic rings. The molecule has 0 saturated carbocycles. The zero-order valence-corrected chi connectivity index (χ0v) is 10.5. The second-order valence-corrected chi connectivity index (χ2v) is 5.11. The van der Waals surface area contributed by atoms with Crippen LogP contribution in [0.4, 0.5) is 0 Å². The van der Waals surface area contributed by atoms with E-state index >= 15 is 0 Å². The van der Waals surface area contributed by atoms with Crippen LogP contribution in [0.3, 0.4) is 0 Å². The fourth-order valence-electron chi connectivity index (χ4n) is 1.98. The molecule has 0 unspecified atom stereocenters. The van der Waals surface area contributed by atoms with E-state index in [9.17, 15) is 0 Å². The van der Waals surface area contributed by atoms with E-state index in [0.29, 0.717) is 0 Å². The van der Waals surface area contributed by atoms with Gasteiger partial charge in [-0.15, -0.1) is 0 Å². The fraction of sp³-hybridized carbons (Fsp3) is 0.0769. The number of aryl methyl sites for hydroxylation is 1. The second kappa shape index (κ2) is 3.23. The maximum atomic E-state index is 3.43. The molecule has 1 heterocycles. The standard InChI is InChI=1S/C13H10IN/c1-8-2-4-12-10(6-8)11-7-9(14)3-5-13(11)15-12/h2-7,15H,1H3. The summed E-state index contributed by atoms with van der Waals surface area (Å²) >= 11 is 2.35. The van der Waals surface area contributed by atoms with Crippen LogP contribution in [0.2, 0.25) is 0 Å². The number of hydrogen-bond acceptors (Lipinski definition) is 0. The van der Waals surface area contributed by atoms with E-state index in [-0.39, 0.29) is 0 Å². The van der Waals surface area contributed by atoms with Crippen molar-refractivity contribution in [2.45, 2.75) is 6.92 Å². The Balaban J connectivity index is 2.55. The summed E-state index contributed by atoms with van der Waals surface area (Å²) in [5, 5.41) is 2.64. The Hall–Kier alpha value is -1.03. The average Bonchev–Trinajstić information content (AvgIpc) is 2.56. The monoisotopic (exact) mass is 307 g/mol. The molecule has 0 saturated heterocycles. The first-order valence-corrected chi connectivity index (χ1v) is 5.99. The molecule has 0 bridgehead atoms. The number of halogens is 1. The Labute approximate surface area is 102 Å². The molecule has 0 amide bonds. The van der Waals surface area contributed by atoms with Gasteiger partial charge in [0.15, 0.2) is 0 Å². The van der Waals surface area contributed by atoms with Gasteiger partial charge in [0.1, 0.15) is 0 Å². The summed E-state index contributed by atoms with van der Waals surface area (Å²) in [6.45, 7) is 2.13. The van der Waals surface area contributed by atoms with Crippen LogP contribution in [-0.4, -0.2) is 4.98 Å². The van der Waals surface area contributed by atoms with Crippen molar-refractivity contribution in [1.82, 2.24) is 4.98 Å². The molecule has 1 aromatic heterocycles. The van der Waals surface area contributed by atoms with Gasteiger partial charge in [0, 0.05) is 25.4 Å². The molecule has 0 aliphatic heterocycles. The molecule has 0 fully saturated rings. The molecule has 3 rings (SSSR count). The highest BCUT2D eigenvalue weighted by molar-refractivity contribution is 14.1. The lowest BCUT2D eigenvalue weighted by atomic mass is 10.1. The minimum atomic E-state index is 1.22. The van der Waals surface area contributed by atoms with Crippen molar-refractivity contribution in [2.75, 3.05) is 0 Å². The lowest BCUT2D eigenvalue weighted by Crippen LogP contribution is -1.72. The van der Waals surface area contributed by atoms with Gasteiger partial charge >= 0.3 is 0 Å². The van der Waals surface area contributed by atoms with Gasteiger partial charge in [-0.2, -0.15) is 0 Å². The molecular weight excluding hydrogens is 297 g/mol. The second-order valence-electron chi connectivity index (χ2n) is 3.86. The third-order valence-electron chi connectivity index (χ3n) is 2.72. The predicted octanol–water partition coefficient (Wildman–Crippen LogP) is 4.23. The van der Waals surface area contributed by atoms with Gasteiger partial charge in [-0.25, -0.2) is 0 Å². The normalized spacial score (nSPS) is 11.3. The van der Waals surface area contributed by atoms with Crippen LogP contribution >= 0.6 is 22.6 Å². The highest BCUT2D eigenvalue weighted by Gasteiger charge is 2.03. The van der Waals surface area contributed by atoms with Crippen molar-refractivity contribution in [2.24, 2.45) is 0 Å². The molecule has 2 aromatic carbocycles. The number of benzene rings is 2. The molecule has 0 atom stereocenters. The molecule has 1 N–H and O–H groups in total. The van der Waals surface area contributed by atoms with Gasteiger partial charge < -0.3 is 4.98 Å². The summed E-state index contributed by atoms with van der Waals surface area (Å²) in [7, 11) is 0. The molecule has 2 heteroatoms. The highest BCUT2D eigenvalue weighted by Crippen LogP contribution is 2.27. The van der Waals surface area contributed by atoms with E-state index < -0.39 is 0 Å². The number of rotatable bonds is 0. The zero-order valence-electron chi connectivity index (χ0n) is 8.34. The van der Waals surface area contributed by atoms with Crippen molar-refractivity contribution in [3.05, 3.63) is 45.5 Å². The van der Waals surface area contributed by atoms with Crippen LogP contribution < -0.4 is 0 Å². The Bertz CT molecular complexity index is 596. The predicted molar refractivity (Wildman–Crippen MR) is 73.3 cm³/mol. The Morgan fingerprint density at radius 2 is 1.60 bits per heavy atom. The summed E-state index contributed by atoms with van der Waals surface area (Å²) in [5.41, 5.74) is 3.75. The van der Waals surface area contributed by atoms with Crippen molar-refractivity contribution in [3.63, 3.8) is 0 Å². The third kappa shape index (κ3) is 1.44. The quantitative estimate of drug-likeness (QED) is 0.598. The third-order valence-corrected chi connectivity index (χ3v) is 3.39. The number of hydrogen-bond donors (Lipinski definition) is 1. The summed E-state index contributed by atoms with van der Waals surface area (Å²) < 4.78 is 1.28. The molecule has 0 aliphatic rings. The minimum Gasteiger partial charge on any atom is -0.355 e. The summed E-state index contributed by atoms with van der Waals surface area (Å²) in [6, 6.07) is 13.0. The van der Waals surface area contributed by atoms with Crippen molar-refractivity contribution in [3.8, 4) is 0 Å². The number of aromatic amines is 1. The summed E-state index contributed by atoms with van der Waals surface area (Å²) in [4.78, 5) is 3.43. The van der Waals surface area contributed by atoms with Crippen LogP contribution in [0.5, 0.6) is 0 Å². The van der Waals surface area contributed by atoms with Gasteiger partial charge in [-0.05, 0) is 59.8 Å². The first-order chi connectivity index (χ1) is 7.24. The van der Waals surface area contributed by atoms with Crippen LogP contribution in [0.15, 0.2) is 36.4 Å². The Kier molecular flexibility index (Phi) is 1.99. The van der Waals surface area contributed by atoms with Crippen molar-refractivity contribution < 1.29 is 0 Å². The Morgan fingerprint density at radius 3 is 2.40 bits per heavy atom. The van der Waals surface area contributed by atoms with Crippen LogP contribution in [-0.2, 0) is 0 Å². The van der Waals surface area contributed by atoms with E-state index in [1.54, 1.807) is 0 Å². The van der Waals surface area contributed by atoms with Crippen LogP contribution in [0.25, 0.3) is 21.8 Å². The molecule has 0 aliphatic carbocycles. The smallest absolute Gasteiger partial charge is 0.0465 e. The fourth-order valence-corrected chi connectivity index (χ4v) is 2.47. The van der Waals surface area contributed by atoms with Gasteiger partial charge in [0.2, 0.25) is 0 Å². The van der Waals surface area contributed by atoms with Crippen LogP contribution in [0, 0.1) is 10.5 Å². The largest absolute Gasteiger partial charge is 0.355 e. The minimum absolute atomic E-state index is 1.22. The SMILES string of the molecule is Cc1ccc2[nH]c3ccc(I)cc3c2c1. The lowest BCUT2D eigenvalue weighted by molar-refractivity contribution is 1.48. The molecule has 0 radical (unpaired) electrons. The van der Waals surface area contributed by atoms with Gasteiger partial charge in [-0.3, -0.25) is 0 Å².